The zero-order chi connectivity index (χ0) is 14.8. The Bertz CT molecular complexity index is 492. The molecule has 0 saturated carbocycles. The molecule has 19 heavy (non-hydrogen) atoms. The van der Waals surface area contributed by atoms with Crippen LogP contribution in [0, 0.1) is 0 Å². The normalized spacial score (nSPS) is 11.7. The fourth-order valence-corrected chi connectivity index (χ4v) is 2.29. The van der Waals surface area contributed by atoms with Gasteiger partial charge in [-0.05, 0) is 49.7 Å². The average Bonchev–Trinajstić information content (AvgIpc) is 2.57. The van der Waals surface area contributed by atoms with Crippen LogP contribution in [0.15, 0.2) is 16.7 Å². The molecule has 5 nitrogen and oxygen atoms in total. The van der Waals surface area contributed by atoms with Crippen molar-refractivity contribution < 1.29 is 14.7 Å². The maximum absolute atomic E-state index is 12.2. The van der Waals surface area contributed by atoms with E-state index in [0.717, 1.165) is 4.47 Å². The third-order valence-electron chi connectivity index (χ3n) is 2.65. The molecule has 0 spiro atoms. The van der Waals surface area contributed by atoms with Gasteiger partial charge in [0.05, 0.1) is 6.42 Å². The van der Waals surface area contributed by atoms with E-state index < -0.39 is 11.5 Å². The molecule has 0 unspecified atom stereocenters. The maximum atomic E-state index is 12.2. The van der Waals surface area contributed by atoms with Gasteiger partial charge in [0.25, 0.3) is 5.91 Å². The molecule has 6 heteroatoms. The fraction of sp³-hybridized carbons (Fsp3) is 0.538. The highest BCUT2D eigenvalue weighted by Crippen LogP contribution is 2.20. The van der Waals surface area contributed by atoms with E-state index in [4.69, 9.17) is 5.11 Å². The van der Waals surface area contributed by atoms with Crippen LogP contribution in [0.25, 0.3) is 0 Å². The van der Waals surface area contributed by atoms with Gasteiger partial charge >= 0.3 is 5.97 Å². The molecule has 0 saturated heterocycles. The molecule has 0 aliphatic rings. The summed E-state index contributed by atoms with van der Waals surface area (Å²) in [5.74, 6) is -1.21. The summed E-state index contributed by atoms with van der Waals surface area (Å²) in [6.07, 6.45) is 1.71. The lowest BCUT2D eigenvalue weighted by atomic mass is 10.0. The van der Waals surface area contributed by atoms with Crippen LogP contribution in [0.3, 0.4) is 0 Å². The summed E-state index contributed by atoms with van der Waals surface area (Å²) in [6, 6.07) is 1.88. The molecule has 0 aliphatic heterocycles. The van der Waals surface area contributed by atoms with E-state index in [-0.39, 0.29) is 18.4 Å². The van der Waals surface area contributed by atoms with E-state index in [1.807, 2.05) is 24.6 Å². The molecule has 1 aromatic heterocycles. The molecule has 1 aromatic rings. The van der Waals surface area contributed by atoms with Crippen molar-refractivity contribution in [1.29, 1.82) is 0 Å². The molecule has 0 radical (unpaired) electrons. The van der Waals surface area contributed by atoms with Gasteiger partial charge in [0.2, 0.25) is 0 Å². The molecule has 1 heterocycles. The van der Waals surface area contributed by atoms with Gasteiger partial charge in [-0.25, -0.2) is 0 Å². The first-order valence-electron chi connectivity index (χ1n) is 6.04. The number of aromatic nitrogens is 1. The molecule has 106 valence electrons. The van der Waals surface area contributed by atoms with Crippen LogP contribution in [0.1, 0.15) is 50.6 Å². The molecule has 0 aliphatic carbocycles. The van der Waals surface area contributed by atoms with Crippen LogP contribution < -0.4 is 5.32 Å². The number of aliphatic carboxylic acids is 1. The Balaban J connectivity index is 2.92. The second kappa shape index (κ2) is 5.77. The third kappa shape index (κ3) is 4.38. The number of hydrogen-bond acceptors (Lipinski definition) is 2. The molecule has 1 amide bonds. The van der Waals surface area contributed by atoms with E-state index in [9.17, 15) is 9.59 Å². The van der Waals surface area contributed by atoms with Gasteiger partial charge in [0.15, 0.2) is 0 Å². The van der Waals surface area contributed by atoms with Crippen molar-refractivity contribution in [3.8, 4) is 0 Å². The van der Waals surface area contributed by atoms with E-state index in [1.165, 1.54) is 0 Å². The number of rotatable bonds is 5. The first-order chi connectivity index (χ1) is 8.62. The molecule has 1 rings (SSSR count). The zero-order valence-electron chi connectivity index (χ0n) is 11.5. The van der Waals surface area contributed by atoms with Crippen LogP contribution in [0.4, 0.5) is 0 Å². The highest BCUT2D eigenvalue weighted by atomic mass is 79.9. The van der Waals surface area contributed by atoms with Crippen LogP contribution in [-0.4, -0.2) is 27.1 Å². The average molecular weight is 331 g/mol. The van der Waals surface area contributed by atoms with Crippen LogP contribution in [0.2, 0.25) is 0 Å². The van der Waals surface area contributed by atoms with Gasteiger partial charge in [-0.15, -0.1) is 0 Å². The van der Waals surface area contributed by atoms with E-state index in [0.29, 0.717) is 5.69 Å². The van der Waals surface area contributed by atoms with Crippen molar-refractivity contribution >= 4 is 27.8 Å². The monoisotopic (exact) mass is 330 g/mol. The Morgan fingerprint density at radius 3 is 2.53 bits per heavy atom. The van der Waals surface area contributed by atoms with Crippen molar-refractivity contribution in [1.82, 2.24) is 9.88 Å². The Morgan fingerprint density at radius 2 is 2.05 bits per heavy atom. The summed E-state index contributed by atoms with van der Waals surface area (Å²) < 4.78 is 2.67. The minimum absolute atomic E-state index is 0.123. The number of hydrogen-bond donors (Lipinski definition) is 2. The Kier molecular flexibility index (Phi) is 4.79. The molecule has 0 bridgehead atoms. The highest BCUT2D eigenvalue weighted by molar-refractivity contribution is 9.10. The number of nitrogens with zero attached hydrogens (tertiary/aromatic N) is 1. The van der Waals surface area contributed by atoms with Gasteiger partial charge in [-0.2, -0.15) is 0 Å². The van der Waals surface area contributed by atoms with Crippen molar-refractivity contribution in [3.05, 3.63) is 22.4 Å². The van der Waals surface area contributed by atoms with Crippen LogP contribution in [-0.2, 0) is 4.79 Å². The van der Waals surface area contributed by atoms with E-state index >= 15 is 0 Å². The summed E-state index contributed by atoms with van der Waals surface area (Å²) in [6.45, 7) is 7.34. The summed E-state index contributed by atoms with van der Waals surface area (Å²) >= 11 is 3.34. The first kappa shape index (κ1) is 15.8. The lowest BCUT2D eigenvalue weighted by Crippen LogP contribution is -2.45. The third-order valence-corrected chi connectivity index (χ3v) is 3.08. The standard InChI is InChI=1S/C13H19BrN2O3/c1-8(2)16-7-9(14)5-10(16)12(19)15-13(3,4)6-11(17)18/h5,7-8H,6H2,1-4H3,(H,15,19)(H,17,18). The maximum Gasteiger partial charge on any atom is 0.305 e. The molecule has 2 N–H and O–H groups in total. The Hall–Kier alpha value is -1.30. The Labute approximate surface area is 121 Å². The molecule has 0 aromatic carbocycles. The highest BCUT2D eigenvalue weighted by Gasteiger charge is 2.26. The molecular weight excluding hydrogens is 312 g/mol. The zero-order valence-corrected chi connectivity index (χ0v) is 13.1. The SMILES string of the molecule is CC(C)n1cc(Br)cc1C(=O)NC(C)(C)CC(=O)O. The lowest BCUT2D eigenvalue weighted by Gasteiger charge is -2.25. The quantitative estimate of drug-likeness (QED) is 0.871. The van der Waals surface area contributed by atoms with Crippen molar-refractivity contribution in [3.63, 3.8) is 0 Å². The van der Waals surface area contributed by atoms with Crippen molar-refractivity contribution in [2.75, 3.05) is 0 Å². The fourth-order valence-electron chi connectivity index (χ4n) is 1.85. The van der Waals surface area contributed by atoms with Crippen LogP contribution in [0.5, 0.6) is 0 Å². The molecule has 0 atom stereocenters. The van der Waals surface area contributed by atoms with E-state index in [1.54, 1.807) is 19.9 Å². The largest absolute Gasteiger partial charge is 0.481 e. The van der Waals surface area contributed by atoms with Gasteiger partial charge in [0.1, 0.15) is 5.69 Å². The van der Waals surface area contributed by atoms with E-state index in [2.05, 4.69) is 21.2 Å². The molecular formula is C13H19BrN2O3. The number of carbonyl (C=O) groups is 2. The van der Waals surface area contributed by atoms with Crippen molar-refractivity contribution in [2.24, 2.45) is 0 Å². The second-order valence-electron chi connectivity index (χ2n) is 5.45. The minimum atomic E-state index is -0.939. The number of carboxylic acids is 1. The topological polar surface area (TPSA) is 71.3 Å². The first-order valence-corrected chi connectivity index (χ1v) is 6.83. The second-order valence-corrected chi connectivity index (χ2v) is 6.37. The number of carboxylic acid groups (broad SMARTS) is 1. The van der Waals surface area contributed by atoms with Gasteiger partial charge in [0, 0.05) is 22.3 Å². The van der Waals surface area contributed by atoms with Crippen molar-refractivity contribution in [2.45, 2.75) is 45.7 Å². The smallest absolute Gasteiger partial charge is 0.305 e. The van der Waals surface area contributed by atoms with Gasteiger partial charge in [-0.1, -0.05) is 0 Å². The Morgan fingerprint density at radius 1 is 1.47 bits per heavy atom. The summed E-state index contributed by atoms with van der Waals surface area (Å²) in [5.41, 5.74) is -0.276. The molecule has 0 fully saturated rings. The van der Waals surface area contributed by atoms with Gasteiger partial charge in [-0.3, -0.25) is 9.59 Å². The number of halogens is 1. The summed E-state index contributed by atoms with van der Waals surface area (Å²) in [4.78, 5) is 23.0. The minimum Gasteiger partial charge on any atom is -0.481 e. The predicted molar refractivity (Wildman–Crippen MR) is 76.3 cm³/mol. The number of amides is 1. The number of carbonyl (C=O) groups excluding carboxylic acids is 1. The summed E-state index contributed by atoms with van der Waals surface area (Å²) in [7, 11) is 0. The number of nitrogens with one attached hydrogen (secondary N) is 1. The summed E-state index contributed by atoms with van der Waals surface area (Å²) in [5, 5.41) is 11.6. The van der Waals surface area contributed by atoms with Crippen LogP contribution >= 0.6 is 15.9 Å². The van der Waals surface area contributed by atoms with Gasteiger partial charge < -0.3 is 15.0 Å². The predicted octanol–water partition coefficient (Wildman–Crippen LogP) is 2.81. The lowest BCUT2D eigenvalue weighted by molar-refractivity contribution is -0.138.